The largest absolute Gasteiger partial charge is 0.378 e. The lowest BCUT2D eigenvalue weighted by Crippen LogP contribution is -2.36. The first-order valence-electron chi connectivity index (χ1n) is 8.27. The highest BCUT2D eigenvalue weighted by molar-refractivity contribution is 5.52. The molecule has 1 aliphatic heterocycles. The maximum atomic E-state index is 10.9. The zero-order valence-corrected chi connectivity index (χ0v) is 14.5. The van der Waals surface area contributed by atoms with E-state index in [1.165, 1.54) is 11.8 Å². The second-order valence-electron chi connectivity index (χ2n) is 6.03. The van der Waals surface area contributed by atoms with Crippen molar-refractivity contribution in [3.8, 4) is 6.07 Å². The van der Waals surface area contributed by atoms with Crippen molar-refractivity contribution in [3.05, 3.63) is 57.8 Å². The van der Waals surface area contributed by atoms with Gasteiger partial charge in [-0.1, -0.05) is 12.1 Å². The molecule has 0 radical (unpaired) electrons. The molecule has 1 saturated heterocycles. The Morgan fingerprint density at radius 2 is 1.96 bits per heavy atom. The van der Waals surface area contributed by atoms with Gasteiger partial charge in [-0.05, 0) is 23.8 Å². The lowest BCUT2D eigenvalue weighted by Gasteiger charge is -2.29. The number of pyridine rings is 1. The van der Waals surface area contributed by atoms with E-state index < -0.39 is 4.92 Å². The number of hydrogen-bond donors (Lipinski definition) is 0. The summed E-state index contributed by atoms with van der Waals surface area (Å²) < 4.78 is 5.37. The summed E-state index contributed by atoms with van der Waals surface area (Å²) in [6.45, 7) is 3.86. The summed E-state index contributed by atoms with van der Waals surface area (Å²) in [5.41, 5.74) is 1.80. The number of morpholine rings is 1. The number of ether oxygens (including phenoxy) is 1. The summed E-state index contributed by atoms with van der Waals surface area (Å²) in [5, 5.41) is 20.0. The summed E-state index contributed by atoms with van der Waals surface area (Å²) in [6, 6.07) is 12.9. The van der Waals surface area contributed by atoms with Gasteiger partial charge in [0.05, 0.1) is 18.1 Å². The Bertz CT molecular complexity index is 826. The van der Waals surface area contributed by atoms with Gasteiger partial charge in [-0.2, -0.15) is 5.26 Å². The van der Waals surface area contributed by atoms with Crippen LogP contribution in [0.15, 0.2) is 36.4 Å². The molecule has 8 heteroatoms. The summed E-state index contributed by atoms with van der Waals surface area (Å²) in [5.74, 6) is 0.518. The van der Waals surface area contributed by atoms with Crippen LogP contribution in [0.4, 0.5) is 17.2 Å². The van der Waals surface area contributed by atoms with Gasteiger partial charge in [-0.3, -0.25) is 10.1 Å². The van der Waals surface area contributed by atoms with Crippen LogP contribution < -0.4 is 9.80 Å². The van der Waals surface area contributed by atoms with Crippen molar-refractivity contribution < 1.29 is 9.66 Å². The number of nitriles is 1. The van der Waals surface area contributed by atoms with Crippen LogP contribution in [0.1, 0.15) is 11.3 Å². The fourth-order valence-corrected chi connectivity index (χ4v) is 2.87. The van der Waals surface area contributed by atoms with E-state index in [0.717, 1.165) is 31.9 Å². The molecule has 8 nitrogen and oxygen atoms in total. The van der Waals surface area contributed by atoms with E-state index in [0.29, 0.717) is 12.4 Å². The summed E-state index contributed by atoms with van der Waals surface area (Å²) in [7, 11) is 1.84. The van der Waals surface area contributed by atoms with Gasteiger partial charge in [0.25, 0.3) is 0 Å². The van der Waals surface area contributed by atoms with Crippen molar-refractivity contribution in [2.45, 2.75) is 6.54 Å². The molecular formula is C18H19N5O3. The number of aromatic nitrogens is 1. The molecule has 0 bridgehead atoms. The van der Waals surface area contributed by atoms with Gasteiger partial charge in [0, 0.05) is 38.4 Å². The number of benzene rings is 1. The third-order valence-corrected chi connectivity index (χ3v) is 4.29. The Balaban J connectivity index is 1.70. The summed E-state index contributed by atoms with van der Waals surface area (Å²) in [4.78, 5) is 18.5. The van der Waals surface area contributed by atoms with Crippen LogP contribution in [0.25, 0.3) is 0 Å². The van der Waals surface area contributed by atoms with E-state index in [4.69, 9.17) is 10.00 Å². The van der Waals surface area contributed by atoms with Gasteiger partial charge < -0.3 is 14.5 Å². The summed E-state index contributed by atoms with van der Waals surface area (Å²) in [6.07, 6.45) is 0. The predicted molar refractivity (Wildman–Crippen MR) is 97.2 cm³/mol. The second-order valence-corrected chi connectivity index (χ2v) is 6.03. The molecule has 0 N–H and O–H groups in total. The number of nitrogens with zero attached hydrogens (tertiary/aromatic N) is 5. The van der Waals surface area contributed by atoms with E-state index in [1.807, 2.05) is 11.9 Å². The molecule has 1 aromatic heterocycles. The zero-order valence-electron chi connectivity index (χ0n) is 14.5. The normalized spacial score (nSPS) is 13.9. The first-order valence-corrected chi connectivity index (χ1v) is 8.27. The highest BCUT2D eigenvalue weighted by Gasteiger charge is 2.17. The minimum Gasteiger partial charge on any atom is -0.378 e. The number of anilines is 2. The number of nitro groups is 1. The molecule has 2 heterocycles. The van der Waals surface area contributed by atoms with Crippen molar-refractivity contribution in [1.82, 2.24) is 4.98 Å². The van der Waals surface area contributed by atoms with Crippen LogP contribution in [0.2, 0.25) is 0 Å². The molecule has 1 aliphatic rings. The van der Waals surface area contributed by atoms with Crippen molar-refractivity contribution in [2.24, 2.45) is 0 Å². The SMILES string of the molecule is CN(Cc1ccc(N2CCOCC2)cc1)c1ccc([N+](=O)[O-])c(C#N)n1. The Kier molecular flexibility index (Phi) is 5.29. The molecule has 134 valence electrons. The van der Waals surface area contributed by atoms with Gasteiger partial charge in [-0.25, -0.2) is 4.98 Å². The first-order chi connectivity index (χ1) is 12.6. The minimum atomic E-state index is -0.598. The topological polar surface area (TPSA) is 95.5 Å². The van der Waals surface area contributed by atoms with Crippen molar-refractivity contribution >= 4 is 17.2 Å². The van der Waals surface area contributed by atoms with E-state index in [2.05, 4.69) is 34.1 Å². The van der Waals surface area contributed by atoms with Gasteiger partial charge >= 0.3 is 5.69 Å². The van der Waals surface area contributed by atoms with Crippen LogP contribution in [0.5, 0.6) is 0 Å². The average molecular weight is 353 g/mol. The molecule has 0 atom stereocenters. The van der Waals surface area contributed by atoms with Crippen LogP contribution >= 0.6 is 0 Å². The Labute approximate surface area is 151 Å². The van der Waals surface area contributed by atoms with Crippen LogP contribution in [-0.2, 0) is 11.3 Å². The third-order valence-electron chi connectivity index (χ3n) is 4.29. The lowest BCUT2D eigenvalue weighted by atomic mass is 10.1. The molecule has 0 unspecified atom stereocenters. The van der Waals surface area contributed by atoms with E-state index in [-0.39, 0.29) is 11.4 Å². The van der Waals surface area contributed by atoms with Gasteiger partial charge in [0.1, 0.15) is 11.9 Å². The maximum absolute atomic E-state index is 10.9. The quantitative estimate of drug-likeness (QED) is 0.601. The molecular weight excluding hydrogens is 334 g/mol. The fourth-order valence-electron chi connectivity index (χ4n) is 2.87. The zero-order chi connectivity index (χ0) is 18.5. The van der Waals surface area contributed by atoms with Crippen molar-refractivity contribution in [1.29, 1.82) is 5.26 Å². The maximum Gasteiger partial charge on any atom is 0.305 e. The Morgan fingerprint density at radius 3 is 2.58 bits per heavy atom. The van der Waals surface area contributed by atoms with Crippen LogP contribution in [0, 0.1) is 21.4 Å². The smallest absolute Gasteiger partial charge is 0.305 e. The van der Waals surface area contributed by atoms with Gasteiger partial charge in [0.2, 0.25) is 5.69 Å². The summed E-state index contributed by atoms with van der Waals surface area (Å²) >= 11 is 0. The molecule has 3 rings (SSSR count). The number of hydrogen-bond acceptors (Lipinski definition) is 7. The van der Waals surface area contributed by atoms with Gasteiger partial charge in [0.15, 0.2) is 0 Å². The third kappa shape index (κ3) is 3.90. The molecule has 1 aromatic carbocycles. The van der Waals surface area contributed by atoms with Crippen LogP contribution in [-0.4, -0.2) is 43.3 Å². The van der Waals surface area contributed by atoms with Crippen molar-refractivity contribution in [2.75, 3.05) is 43.2 Å². The van der Waals surface area contributed by atoms with E-state index in [1.54, 1.807) is 12.1 Å². The highest BCUT2D eigenvalue weighted by atomic mass is 16.6. The molecule has 0 spiro atoms. The molecule has 0 saturated carbocycles. The predicted octanol–water partition coefficient (Wildman–Crippen LogP) is 2.33. The standard InChI is InChI=1S/C18H19N5O3/c1-21(18-7-6-17(23(24)25)16(12-19)20-18)13-14-2-4-15(5-3-14)22-8-10-26-11-9-22/h2-7H,8-11,13H2,1H3. The highest BCUT2D eigenvalue weighted by Crippen LogP contribution is 2.22. The monoisotopic (exact) mass is 353 g/mol. The van der Waals surface area contributed by atoms with Crippen molar-refractivity contribution in [3.63, 3.8) is 0 Å². The molecule has 2 aromatic rings. The Morgan fingerprint density at radius 1 is 1.27 bits per heavy atom. The minimum absolute atomic E-state index is 0.179. The number of rotatable bonds is 5. The average Bonchev–Trinajstić information content (AvgIpc) is 2.68. The van der Waals surface area contributed by atoms with E-state index >= 15 is 0 Å². The molecule has 1 fully saturated rings. The Hall–Kier alpha value is -3.18. The fraction of sp³-hybridized carbons (Fsp3) is 0.333. The molecule has 26 heavy (non-hydrogen) atoms. The molecule has 0 amide bonds. The van der Waals surface area contributed by atoms with Crippen LogP contribution in [0.3, 0.4) is 0 Å². The van der Waals surface area contributed by atoms with Gasteiger partial charge in [-0.15, -0.1) is 0 Å². The lowest BCUT2D eigenvalue weighted by molar-refractivity contribution is -0.385. The first kappa shape index (κ1) is 17.6. The second kappa shape index (κ2) is 7.80. The van der Waals surface area contributed by atoms with E-state index in [9.17, 15) is 10.1 Å². The molecule has 0 aliphatic carbocycles.